The summed E-state index contributed by atoms with van der Waals surface area (Å²) in [5, 5.41) is 16.7. The van der Waals surface area contributed by atoms with E-state index >= 15 is 0 Å². The van der Waals surface area contributed by atoms with Gasteiger partial charge in [-0.1, -0.05) is 6.07 Å². The first-order chi connectivity index (χ1) is 9.33. The smallest absolute Gasteiger partial charge is 0.181 e. The van der Waals surface area contributed by atoms with Crippen molar-refractivity contribution in [3.05, 3.63) is 36.3 Å². The molecule has 0 spiro atoms. The number of methoxy groups -OCH3 is 1. The van der Waals surface area contributed by atoms with Crippen LogP contribution in [0.4, 0.5) is 0 Å². The Labute approximate surface area is 109 Å². The molecule has 19 heavy (non-hydrogen) atoms. The van der Waals surface area contributed by atoms with E-state index in [2.05, 4.69) is 20.2 Å². The van der Waals surface area contributed by atoms with Crippen molar-refractivity contribution in [2.45, 2.75) is 6.61 Å². The summed E-state index contributed by atoms with van der Waals surface area (Å²) in [7, 11) is 1.61. The highest BCUT2D eigenvalue weighted by Crippen LogP contribution is 2.31. The minimum Gasteiger partial charge on any atom is -0.494 e. The maximum absolute atomic E-state index is 9.03. The van der Waals surface area contributed by atoms with Crippen molar-refractivity contribution < 1.29 is 9.84 Å². The van der Waals surface area contributed by atoms with Crippen LogP contribution in [0, 0.1) is 0 Å². The Balaban J connectivity index is 2.24. The number of H-pyrrole nitrogens is 1. The maximum Gasteiger partial charge on any atom is 0.181 e. The molecule has 0 fully saturated rings. The lowest BCUT2D eigenvalue weighted by Gasteiger charge is -2.07. The van der Waals surface area contributed by atoms with Crippen LogP contribution < -0.4 is 4.74 Å². The largest absolute Gasteiger partial charge is 0.494 e. The molecule has 0 aliphatic rings. The predicted molar refractivity (Wildman–Crippen MR) is 69.6 cm³/mol. The van der Waals surface area contributed by atoms with Crippen LogP contribution in [-0.2, 0) is 6.61 Å². The van der Waals surface area contributed by atoms with E-state index in [1.54, 1.807) is 13.3 Å². The quantitative estimate of drug-likeness (QED) is 0.742. The van der Waals surface area contributed by atoms with Crippen LogP contribution >= 0.6 is 0 Å². The Morgan fingerprint density at radius 3 is 2.95 bits per heavy atom. The second kappa shape index (κ2) is 4.66. The predicted octanol–water partition coefficient (Wildman–Crippen LogP) is 1.52. The zero-order chi connectivity index (χ0) is 13.2. The van der Waals surface area contributed by atoms with Gasteiger partial charge in [0.05, 0.1) is 7.11 Å². The van der Waals surface area contributed by atoms with Crippen LogP contribution in [0.3, 0.4) is 0 Å². The van der Waals surface area contributed by atoms with Crippen LogP contribution in [-0.4, -0.2) is 32.4 Å². The van der Waals surface area contributed by atoms with Crippen molar-refractivity contribution in [1.82, 2.24) is 20.2 Å². The SMILES string of the molecule is COc1ccc(-c2n[nH]c(CO)n2)c2cccnc12. The average Bonchev–Trinajstić information content (AvgIpc) is 2.95. The molecule has 0 unspecified atom stereocenters. The Bertz CT molecular complexity index is 723. The number of rotatable bonds is 3. The van der Waals surface area contributed by atoms with Crippen molar-refractivity contribution in [3.63, 3.8) is 0 Å². The number of aliphatic hydroxyl groups excluding tert-OH is 1. The number of aromatic nitrogens is 4. The number of nitrogens with zero attached hydrogens (tertiary/aromatic N) is 3. The van der Waals surface area contributed by atoms with Gasteiger partial charge in [-0.2, -0.15) is 5.10 Å². The Morgan fingerprint density at radius 1 is 1.32 bits per heavy atom. The number of nitrogens with one attached hydrogen (secondary N) is 1. The first kappa shape index (κ1) is 11.6. The monoisotopic (exact) mass is 256 g/mol. The Hall–Kier alpha value is -2.47. The fraction of sp³-hybridized carbons (Fsp3) is 0.154. The molecule has 0 saturated carbocycles. The van der Waals surface area contributed by atoms with Crippen molar-refractivity contribution in [1.29, 1.82) is 0 Å². The molecular formula is C13H12N4O2. The van der Waals surface area contributed by atoms with E-state index in [4.69, 9.17) is 9.84 Å². The summed E-state index contributed by atoms with van der Waals surface area (Å²) in [6.45, 7) is -0.167. The molecular weight excluding hydrogens is 244 g/mol. The van der Waals surface area contributed by atoms with Gasteiger partial charge in [0, 0.05) is 17.1 Å². The fourth-order valence-corrected chi connectivity index (χ4v) is 1.99. The summed E-state index contributed by atoms with van der Waals surface area (Å²) in [6.07, 6.45) is 1.71. The summed E-state index contributed by atoms with van der Waals surface area (Å²) in [4.78, 5) is 8.54. The van der Waals surface area contributed by atoms with Gasteiger partial charge in [0.2, 0.25) is 0 Å². The average molecular weight is 256 g/mol. The van der Waals surface area contributed by atoms with Gasteiger partial charge in [0.1, 0.15) is 17.9 Å². The van der Waals surface area contributed by atoms with Crippen LogP contribution in [0.1, 0.15) is 5.82 Å². The van der Waals surface area contributed by atoms with E-state index in [0.29, 0.717) is 17.4 Å². The molecule has 96 valence electrons. The van der Waals surface area contributed by atoms with Crippen molar-refractivity contribution >= 4 is 10.9 Å². The molecule has 2 heterocycles. The molecule has 6 nitrogen and oxygen atoms in total. The Morgan fingerprint density at radius 2 is 2.21 bits per heavy atom. The van der Waals surface area contributed by atoms with Crippen LogP contribution in [0.5, 0.6) is 5.75 Å². The fourth-order valence-electron chi connectivity index (χ4n) is 1.99. The highest BCUT2D eigenvalue weighted by molar-refractivity contribution is 5.96. The zero-order valence-corrected chi connectivity index (χ0v) is 10.3. The first-order valence-corrected chi connectivity index (χ1v) is 5.77. The molecule has 0 aliphatic carbocycles. The second-order valence-electron chi connectivity index (χ2n) is 3.98. The van der Waals surface area contributed by atoms with Gasteiger partial charge in [-0.3, -0.25) is 10.1 Å². The molecule has 0 aliphatic heterocycles. The summed E-state index contributed by atoms with van der Waals surface area (Å²) in [5.74, 6) is 1.67. The van der Waals surface area contributed by atoms with Gasteiger partial charge in [-0.25, -0.2) is 4.98 Å². The molecule has 0 bridgehead atoms. The number of benzene rings is 1. The number of ether oxygens (including phenoxy) is 1. The van der Waals surface area contributed by atoms with Crippen LogP contribution in [0.25, 0.3) is 22.3 Å². The third-order valence-electron chi connectivity index (χ3n) is 2.87. The summed E-state index contributed by atoms with van der Waals surface area (Å²) in [6, 6.07) is 7.51. The third kappa shape index (κ3) is 1.92. The molecule has 0 radical (unpaired) electrons. The van der Waals surface area contributed by atoms with Gasteiger partial charge < -0.3 is 9.84 Å². The van der Waals surface area contributed by atoms with Crippen LogP contribution in [0.2, 0.25) is 0 Å². The maximum atomic E-state index is 9.03. The van der Waals surface area contributed by atoms with E-state index in [1.165, 1.54) is 0 Å². The number of hydrogen-bond acceptors (Lipinski definition) is 5. The lowest BCUT2D eigenvalue weighted by molar-refractivity contribution is 0.272. The standard InChI is InChI=1S/C13H12N4O2/c1-19-10-5-4-9(8-3-2-6-14-12(8)10)13-15-11(7-18)16-17-13/h2-6,18H,7H2,1H3,(H,15,16,17). The summed E-state index contributed by atoms with van der Waals surface area (Å²) in [5.41, 5.74) is 1.61. The highest BCUT2D eigenvalue weighted by Gasteiger charge is 2.12. The van der Waals surface area contributed by atoms with Gasteiger partial charge in [-0.15, -0.1) is 0 Å². The lowest BCUT2D eigenvalue weighted by Crippen LogP contribution is -1.91. The zero-order valence-electron chi connectivity index (χ0n) is 10.3. The first-order valence-electron chi connectivity index (χ1n) is 5.77. The number of aliphatic hydroxyl groups is 1. The van der Waals surface area contributed by atoms with Crippen molar-refractivity contribution in [2.75, 3.05) is 7.11 Å². The van der Waals surface area contributed by atoms with Crippen molar-refractivity contribution in [3.8, 4) is 17.1 Å². The van der Waals surface area contributed by atoms with Gasteiger partial charge >= 0.3 is 0 Å². The molecule has 0 amide bonds. The third-order valence-corrected chi connectivity index (χ3v) is 2.87. The van der Waals surface area contributed by atoms with Crippen LogP contribution in [0.15, 0.2) is 30.5 Å². The topological polar surface area (TPSA) is 83.9 Å². The van der Waals surface area contributed by atoms with E-state index < -0.39 is 0 Å². The lowest BCUT2D eigenvalue weighted by atomic mass is 10.1. The van der Waals surface area contributed by atoms with Gasteiger partial charge in [0.15, 0.2) is 11.6 Å². The number of hydrogen-bond donors (Lipinski definition) is 2. The van der Waals surface area contributed by atoms with E-state index in [9.17, 15) is 0 Å². The number of fused-ring (bicyclic) bond motifs is 1. The molecule has 3 aromatic rings. The number of pyridine rings is 1. The second-order valence-corrected chi connectivity index (χ2v) is 3.98. The van der Waals surface area contributed by atoms with Gasteiger partial charge in [-0.05, 0) is 18.2 Å². The van der Waals surface area contributed by atoms with E-state index in [1.807, 2.05) is 24.3 Å². The highest BCUT2D eigenvalue weighted by atomic mass is 16.5. The molecule has 0 atom stereocenters. The molecule has 2 aromatic heterocycles. The molecule has 0 saturated heterocycles. The van der Waals surface area contributed by atoms with E-state index in [0.717, 1.165) is 16.5 Å². The molecule has 3 rings (SSSR count). The normalized spacial score (nSPS) is 10.8. The minimum absolute atomic E-state index is 0.167. The summed E-state index contributed by atoms with van der Waals surface area (Å²) < 4.78 is 5.29. The molecule has 1 aromatic carbocycles. The number of aromatic amines is 1. The minimum atomic E-state index is -0.167. The van der Waals surface area contributed by atoms with E-state index in [-0.39, 0.29) is 6.61 Å². The molecule has 6 heteroatoms. The van der Waals surface area contributed by atoms with Crippen molar-refractivity contribution in [2.24, 2.45) is 0 Å². The molecule has 2 N–H and O–H groups in total. The van der Waals surface area contributed by atoms with Gasteiger partial charge in [0.25, 0.3) is 0 Å². The summed E-state index contributed by atoms with van der Waals surface area (Å²) >= 11 is 0. The Kier molecular flexibility index (Phi) is 2.85.